The van der Waals surface area contributed by atoms with E-state index in [-0.39, 0.29) is 5.91 Å². The molecule has 1 heterocycles. The second-order valence-corrected chi connectivity index (χ2v) is 6.18. The lowest BCUT2D eigenvalue weighted by atomic mass is 10.0. The van der Waals surface area contributed by atoms with Gasteiger partial charge in [-0.05, 0) is 48.2 Å². The molecule has 0 atom stereocenters. The third-order valence-electron chi connectivity index (χ3n) is 4.33. The van der Waals surface area contributed by atoms with Crippen LogP contribution in [0.1, 0.15) is 47.4 Å². The van der Waals surface area contributed by atoms with Crippen LogP contribution < -0.4 is 5.43 Å². The largest absolute Gasteiger partial charge is 0.289 e. The lowest BCUT2D eigenvalue weighted by Crippen LogP contribution is -2.19. The van der Waals surface area contributed by atoms with Gasteiger partial charge in [0.15, 0.2) is 0 Å². The first-order valence-electron chi connectivity index (χ1n) is 8.10. The van der Waals surface area contributed by atoms with Gasteiger partial charge in [-0.1, -0.05) is 36.4 Å². The van der Waals surface area contributed by atoms with E-state index in [1.54, 1.807) is 0 Å². The van der Waals surface area contributed by atoms with Crippen LogP contribution in [0, 0.1) is 0 Å². The van der Waals surface area contributed by atoms with Gasteiger partial charge in [-0.2, -0.15) is 10.2 Å². The number of amides is 1. The number of hydrazone groups is 1. The lowest BCUT2D eigenvalue weighted by molar-refractivity contribution is 0.0950. The molecule has 1 saturated carbocycles. The number of carbonyl (C=O) groups excluding carboxylic acids is 1. The van der Waals surface area contributed by atoms with Gasteiger partial charge in [-0.3, -0.25) is 9.89 Å². The molecule has 5 heteroatoms. The fourth-order valence-electron chi connectivity index (χ4n) is 2.72. The van der Waals surface area contributed by atoms with Crippen molar-refractivity contribution in [3.8, 4) is 0 Å². The minimum atomic E-state index is -0.269. The maximum atomic E-state index is 12.2. The smallest absolute Gasteiger partial charge is 0.273 e. The van der Waals surface area contributed by atoms with Crippen molar-refractivity contribution in [2.75, 3.05) is 0 Å². The van der Waals surface area contributed by atoms with Crippen molar-refractivity contribution in [3.05, 3.63) is 65.5 Å². The molecular weight excluding hydrogens is 300 g/mol. The van der Waals surface area contributed by atoms with Crippen LogP contribution in [0.25, 0.3) is 10.8 Å². The Morgan fingerprint density at radius 2 is 1.96 bits per heavy atom. The first-order chi connectivity index (χ1) is 11.7. The normalized spacial score (nSPS) is 14.8. The average molecular weight is 318 g/mol. The predicted molar refractivity (Wildman–Crippen MR) is 94.2 cm³/mol. The van der Waals surface area contributed by atoms with Crippen molar-refractivity contribution >= 4 is 22.4 Å². The van der Waals surface area contributed by atoms with Crippen molar-refractivity contribution in [1.82, 2.24) is 15.6 Å². The highest BCUT2D eigenvalue weighted by atomic mass is 16.2. The van der Waals surface area contributed by atoms with E-state index in [2.05, 4.69) is 45.0 Å². The molecular formula is C19H18N4O. The number of nitrogens with one attached hydrogen (secondary N) is 2. The van der Waals surface area contributed by atoms with E-state index in [0.29, 0.717) is 11.6 Å². The summed E-state index contributed by atoms with van der Waals surface area (Å²) in [4.78, 5) is 12.2. The molecule has 1 amide bonds. The molecule has 4 rings (SSSR count). The molecule has 5 nitrogen and oxygen atoms in total. The third kappa shape index (κ3) is 2.93. The zero-order valence-electron chi connectivity index (χ0n) is 13.4. The zero-order valence-corrected chi connectivity index (χ0v) is 13.4. The molecule has 120 valence electrons. The summed E-state index contributed by atoms with van der Waals surface area (Å²) in [5.41, 5.74) is 5.76. The molecule has 24 heavy (non-hydrogen) atoms. The molecule has 2 aromatic carbocycles. The standard InChI is InChI=1S/C19H18N4O/c1-12(15-9-6-13-4-2-3-5-16(13)10-15)20-23-19(24)18-11-17(21-22-18)14-7-8-14/h2-6,9-11,14H,7-8H2,1H3,(H,21,22)(H,23,24)/b20-12-. The first kappa shape index (κ1) is 14.6. The van der Waals surface area contributed by atoms with Crippen LogP contribution in [0.4, 0.5) is 0 Å². The average Bonchev–Trinajstić information content (AvgIpc) is 3.35. The minimum Gasteiger partial charge on any atom is -0.273 e. The van der Waals surface area contributed by atoms with Gasteiger partial charge in [-0.15, -0.1) is 0 Å². The van der Waals surface area contributed by atoms with Gasteiger partial charge >= 0.3 is 0 Å². The Morgan fingerprint density at radius 3 is 2.75 bits per heavy atom. The highest BCUT2D eigenvalue weighted by Crippen LogP contribution is 2.38. The molecule has 1 aliphatic rings. The van der Waals surface area contributed by atoms with Crippen molar-refractivity contribution < 1.29 is 4.79 Å². The number of H-pyrrole nitrogens is 1. The summed E-state index contributed by atoms with van der Waals surface area (Å²) in [6.07, 6.45) is 2.32. The number of carbonyl (C=O) groups is 1. The third-order valence-corrected chi connectivity index (χ3v) is 4.33. The number of nitrogens with zero attached hydrogens (tertiary/aromatic N) is 2. The number of aromatic amines is 1. The van der Waals surface area contributed by atoms with Gasteiger partial charge in [0, 0.05) is 5.92 Å². The summed E-state index contributed by atoms with van der Waals surface area (Å²) < 4.78 is 0. The molecule has 1 aromatic heterocycles. The Hall–Kier alpha value is -2.95. The molecule has 0 bridgehead atoms. The first-order valence-corrected chi connectivity index (χ1v) is 8.10. The highest BCUT2D eigenvalue weighted by Gasteiger charge is 2.26. The van der Waals surface area contributed by atoms with Crippen LogP contribution in [0.2, 0.25) is 0 Å². The van der Waals surface area contributed by atoms with E-state index in [4.69, 9.17) is 0 Å². The van der Waals surface area contributed by atoms with Crippen LogP contribution in [0.15, 0.2) is 53.6 Å². The molecule has 0 spiro atoms. The van der Waals surface area contributed by atoms with Gasteiger partial charge in [-0.25, -0.2) is 5.43 Å². The maximum Gasteiger partial charge on any atom is 0.289 e. The van der Waals surface area contributed by atoms with Gasteiger partial charge in [0.1, 0.15) is 5.69 Å². The quantitative estimate of drug-likeness (QED) is 0.570. The molecule has 3 aromatic rings. The van der Waals surface area contributed by atoms with Crippen LogP contribution in [-0.2, 0) is 0 Å². The topological polar surface area (TPSA) is 70.1 Å². The van der Waals surface area contributed by atoms with Gasteiger partial charge in [0.25, 0.3) is 5.91 Å². The van der Waals surface area contributed by atoms with Gasteiger partial charge < -0.3 is 0 Å². The predicted octanol–water partition coefficient (Wildman–Crippen LogP) is 3.59. The van der Waals surface area contributed by atoms with E-state index in [9.17, 15) is 4.79 Å². The minimum absolute atomic E-state index is 0.269. The number of fused-ring (bicyclic) bond motifs is 1. The molecule has 1 aliphatic carbocycles. The number of hydrogen-bond acceptors (Lipinski definition) is 3. The summed E-state index contributed by atoms with van der Waals surface area (Å²) in [5.74, 6) is 0.250. The summed E-state index contributed by atoms with van der Waals surface area (Å²) in [6, 6.07) is 16.1. The molecule has 1 fully saturated rings. The summed E-state index contributed by atoms with van der Waals surface area (Å²) in [5, 5.41) is 13.5. The molecule has 0 unspecified atom stereocenters. The number of hydrogen-bond donors (Lipinski definition) is 2. The monoisotopic (exact) mass is 318 g/mol. The molecule has 0 radical (unpaired) electrons. The van der Waals surface area contributed by atoms with Crippen LogP contribution in [0.3, 0.4) is 0 Å². The van der Waals surface area contributed by atoms with Gasteiger partial charge in [0.2, 0.25) is 0 Å². The SMILES string of the molecule is C/C(=N/NC(=O)c1cc(C2CC2)n[nH]1)c1ccc2ccccc2c1. The number of benzene rings is 2. The lowest BCUT2D eigenvalue weighted by Gasteiger charge is -2.04. The Morgan fingerprint density at radius 1 is 1.17 bits per heavy atom. The fraction of sp³-hybridized carbons (Fsp3) is 0.211. The second-order valence-electron chi connectivity index (χ2n) is 6.18. The van der Waals surface area contributed by atoms with Crippen molar-refractivity contribution in [3.63, 3.8) is 0 Å². The second kappa shape index (κ2) is 5.92. The van der Waals surface area contributed by atoms with E-state index in [1.807, 2.05) is 31.2 Å². The molecule has 0 saturated heterocycles. The van der Waals surface area contributed by atoms with Crippen LogP contribution in [0.5, 0.6) is 0 Å². The van der Waals surface area contributed by atoms with Gasteiger partial charge in [0.05, 0.1) is 11.4 Å². The Kier molecular flexibility index (Phi) is 3.61. The maximum absolute atomic E-state index is 12.2. The van der Waals surface area contributed by atoms with E-state index in [1.165, 1.54) is 5.39 Å². The van der Waals surface area contributed by atoms with E-state index in [0.717, 1.165) is 35.2 Å². The van der Waals surface area contributed by atoms with Crippen molar-refractivity contribution in [2.45, 2.75) is 25.7 Å². The molecule has 2 N–H and O–H groups in total. The highest BCUT2D eigenvalue weighted by molar-refractivity contribution is 6.03. The fourth-order valence-corrected chi connectivity index (χ4v) is 2.72. The summed E-state index contributed by atoms with van der Waals surface area (Å²) in [7, 11) is 0. The van der Waals surface area contributed by atoms with Crippen LogP contribution in [-0.4, -0.2) is 21.8 Å². The Bertz CT molecular complexity index is 937. The summed E-state index contributed by atoms with van der Waals surface area (Å²) in [6.45, 7) is 1.88. The number of aromatic nitrogens is 2. The zero-order chi connectivity index (χ0) is 16.5. The van der Waals surface area contributed by atoms with E-state index < -0.39 is 0 Å². The summed E-state index contributed by atoms with van der Waals surface area (Å²) >= 11 is 0. The Labute approximate surface area is 139 Å². The molecule has 0 aliphatic heterocycles. The van der Waals surface area contributed by atoms with Crippen molar-refractivity contribution in [2.24, 2.45) is 5.10 Å². The Balaban J connectivity index is 1.49. The van der Waals surface area contributed by atoms with E-state index >= 15 is 0 Å². The van der Waals surface area contributed by atoms with Crippen molar-refractivity contribution in [1.29, 1.82) is 0 Å². The van der Waals surface area contributed by atoms with Crippen LogP contribution >= 0.6 is 0 Å². The number of rotatable bonds is 4.